The van der Waals surface area contributed by atoms with Crippen LogP contribution in [0.15, 0.2) is 18.2 Å². The van der Waals surface area contributed by atoms with Crippen molar-refractivity contribution in [1.29, 1.82) is 0 Å². The summed E-state index contributed by atoms with van der Waals surface area (Å²) in [4.78, 5) is 11.4. The number of carbonyl (C=O) groups is 1. The molecule has 1 amide bonds. The molecule has 8 heteroatoms. The molecule has 0 aliphatic rings. The van der Waals surface area contributed by atoms with Gasteiger partial charge in [-0.3, -0.25) is 4.79 Å². The van der Waals surface area contributed by atoms with Crippen LogP contribution in [-0.2, 0) is 15.7 Å². The first-order chi connectivity index (χ1) is 8.84. The number of nitrogens with two attached hydrogens (primary N) is 1. The minimum atomic E-state index is -4.48. The zero-order valence-electron chi connectivity index (χ0n) is 9.76. The summed E-state index contributed by atoms with van der Waals surface area (Å²) in [6, 6.07) is 2.67. The van der Waals surface area contributed by atoms with Crippen LogP contribution in [0.1, 0.15) is 5.56 Å². The summed E-state index contributed by atoms with van der Waals surface area (Å²) >= 11 is 5.67. The molecular formula is C11H12ClF3N2O2. The second kappa shape index (κ2) is 6.74. The van der Waals surface area contributed by atoms with Crippen LogP contribution in [0.2, 0.25) is 5.02 Å². The van der Waals surface area contributed by atoms with Crippen LogP contribution in [0.25, 0.3) is 0 Å². The number of ether oxygens (including phenoxy) is 1. The molecule has 0 aliphatic heterocycles. The number of hydrogen-bond donors (Lipinski definition) is 2. The van der Waals surface area contributed by atoms with Crippen molar-refractivity contribution in [3.05, 3.63) is 28.8 Å². The molecule has 0 radical (unpaired) electrons. The highest BCUT2D eigenvalue weighted by Crippen LogP contribution is 2.33. The maximum Gasteiger partial charge on any atom is 0.416 e. The van der Waals surface area contributed by atoms with Gasteiger partial charge < -0.3 is 15.8 Å². The van der Waals surface area contributed by atoms with Gasteiger partial charge in [-0.05, 0) is 18.2 Å². The number of benzene rings is 1. The molecule has 0 saturated heterocycles. The van der Waals surface area contributed by atoms with Crippen molar-refractivity contribution >= 4 is 23.2 Å². The number of alkyl halides is 3. The van der Waals surface area contributed by atoms with Crippen LogP contribution < -0.4 is 11.1 Å². The van der Waals surface area contributed by atoms with Gasteiger partial charge in [-0.25, -0.2) is 0 Å². The SMILES string of the molecule is NCCOCC(=O)Nc1ccc(C(F)(F)F)cc1Cl. The van der Waals surface area contributed by atoms with E-state index in [2.05, 4.69) is 5.32 Å². The summed E-state index contributed by atoms with van der Waals surface area (Å²) in [6.45, 7) is 0.247. The maximum atomic E-state index is 12.4. The topological polar surface area (TPSA) is 64.3 Å². The lowest BCUT2D eigenvalue weighted by molar-refractivity contribution is -0.137. The largest absolute Gasteiger partial charge is 0.416 e. The second-order valence-electron chi connectivity index (χ2n) is 3.58. The van der Waals surface area contributed by atoms with Crippen LogP contribution in [0.4, 0.5) is 18.9 Å². The summed E-state index contributed by atoms with van der Waals surface area (Å²) in [5.74, 6) is -0.518. The second-order valence-corrected chi connectivity index (χ2v) is 3.99. The van der Waals surface area contributed by atoms with E-state index in [0.717, 1.165) is 18.2 Å². The van der Waals surface area contributed by atoms with Crippen molar-refractivity contribution in [2.24, 2.45) is 5.73 Å². The average molecular weight is 297 g/mol. The first-order valence-corrected chi connectivity index (χ1v) is 5.67. The minimum Gasteiger partial charge on any atom is -0.370 e. The molecule has 4 nitrogen and oxygen atoms in total. The number of halogens is 4. The fourth-order valence-corrected chi connectivity index (χ4v) is 1.46. The highest BCUT2D eigenvalue weighted by atomic mass is 35.5. The van der Waals surface area contributed by atoms with E-state index in [1.165, 1.54) is 0 Å². The number of anilines is 1. The van der Waals surface area contributed by atoms with Crippen molar-refractivity contribution in [3.8, 4) is 0 Å². The Bertz CT molecular complexity index is 452. The van der Waals surface area contributed by atoms with Gasteiger partial charge in [0.25, 0.3) is 0 Å². The predicted molar refractivity (Wildman–Crippen MR) is 65.0 cm³/mol. The number of amides is 1. The first-order valence-electron chi connectivity index (χ1n) is 5.29. The molecule has 19 heavy (non-hydrogen) atoms. The Morgan fingerprint density at radius 2 is 2.11 bits per heavy atom. The van der Waals surface area contributed by atoms with Gasteiger partial charge >= 0.3 is 6.18 Å². The predicted octanol–water partition coefficient (Wildman–Crippen LogP) is 2.27. The van der Waals surface area contributed by atoms with Gasteiger partial charge in [0.2, 0.25) is 5.91 Å². The quantitative estimate of drug-likeness (QED) is 0.819. The molecule has 1 aromatic carbocycles. The van der Waals surface area contributed by atoms with E-state index in [1.54, 1.807) is 0 Å². The lowest BCUT2D eigenvalue weighted by Crippen LogP contribution is -2.21. The molecule has 0 spiro atoms. The Morgan fingerprint density at radius 3 is 2.63 bits per heavy atom. The molecule has 106 valence electrons. The molecule has 0 saturated carbocycles. The van der Waals surface area contributed by atoms with Gasteiger partial charge in [0.1, 0.15) is 6.61 Å². The van der Waals surface area contributed by atoms with Gasteiger partial charge in [-0.15, -0.1) is 0 Å². The Balaban J connectivity index is 2.67. The van der Waals surface area contributed by atoms with Gasteiger partial charge in [0, 0.05) is 6.54 Å². The maximum absolute atomic E-state index is 12.4. The first kappa shape index (κ1) is 15.7. The Morgan fingerprint density at radius 1 is 1.42 bits per heavy atom. The smallest absolute Gasteiger partial charge is 0.370 e. The molecule has 0 fully saturated rings. The summed E-state index contributed by atoms with van der Waals surface area (Å²) in [6.07, 6.45) is -4.48. The van der Waals surface area contributed by atoms with E-state index >= 15 is 0 Å². The third-order valence-electron chi connectivity index (χ3n) is 2.07. The minimum absolute atomic E-state index is 0.0935. The van der Waals surface area contributed by atoms with E-state index in [4.69, 9.17) is 22.1 Å². The van der Waals surface area contributed by atoms with Crippen LogP contribution in [0.5, 0.6) is 0 Å². The van der Waals surface area contributed by atoms with E-state index in [-0.39, 0.29) is 30.5 Å². The fourth-order valence-electron chi connectivity index (χ4n) is 1.23. The van der Waals surface area contributed by atoms with Crippen LogP contribution in [-0.4, -0.2) is 25.7 Å². The zero-order valence-corrected chi connectivity index (χ0v) is 10.5. The molecule has 0 atom stereocenters. The van der Waals surface area contributed by atoms with Gasteiger partial charge in [-0.1, -0.05) is 11.6 Å². The van der Waals surface area contributed by atoms with E-state index in [0.29, 0.717) is 0 Å². The highest BCUT2D eigenvalue weighted by molar-refractivity contribution is 6.33. The Hall–Kier alpha value is -1.31. The standard InChI is InChI=1S/C11H12ClF3N2O2/c12-8-5-7(11(13,14)15)1-2-9(8)17-10(18)6-19-4-3-16/h1-2,5H,3-4,6,16H2,(H,17,18). The van der Waals surface area contributed by atoms with Crippen molar-refractivity contribution in [2.75, 3.05) is 25.1 Å². The lowest BCUT2D eigenvalue weighted by Gasteiger charge is -2.11. The molecular weight excluding hydrogens is 285 g/mol. The van der Waals surface area contributed by atoms with Crippen molar-refractivity contribution in [2.45, 2.75) is 6.18 Å². The van der Waals surface area contributed by atoms with Crippen molar-refractivity contribution < 1.29 is 22.7 Å². The molecule has 1 aromatic rings. The third kappa shape index (κ3) is 5.06. The number of nitrogens with one attached hydrogen (secondary N) is 1. The van der Waals surface area contributed by atoms with Crippen molar-refractivity contribution in [1.82, 2.24) is 0 Å². The molecule has 0 unspecified atom stereocenters. The van der Waals surface area contributed by atoms with Gasteiger partial charge in [0.05, 0.1) is 22.9 Å². The number of carbonyl (C=O) groups excluding carboxylic acids is 1. The van der Waals surface area contributed by atoms with E-state index < -0.39 is 17.6 Å². The summed E-state index contributed by atoms with van der Waals surface area (Å²) in [7, 11) is 0. The third-order valence-corrected chi connectivity index (χ3v) is 2.38. The van der Waals surface area contributed by atoms with E-state index in [9.17, 15) is 18.0 Å². The van der Waals surface area contributed by atoms with Crippen molar-refractivity contribution in [3.63, 3.8) is 0 Å². The molecule has 1 rings (SSSR count). The Kier molecular flexibility index (Phi) is 5.59. The van der Waals surface area contributed by atoms with E-state index in [1.807, 2.05) is 0 Å². The molecule has 0 aliphatic carbocycles. The van der Waals surface area contributed by atoms with Crippen LogP contribution >= 0.6 is 11.6 Å². The summed E-state index contributed by atoms with van der Waals surface area (Å²) < 4.78 is 42.0. The summed E-state index contributed by atoms with van der Waals surface area (Å²) in [5, 5.41) is 2.15. The summed E-state index contributed by atoms with van der Waals surface area (Å²) in [5.41, 5.74) is 4.38. The fraction of sp³-hybridized carbons (Fsp3) is 0.364. The van der Waals surface area contributed by atoms with Gasteiger partial charge in [-0.2, -0.15) is 13.2 Å². The molecule has 0 aromatic heterocycles. The normalized spacial score (nSPS) is 11.4. The average Bonchev–Trinajstić information content (AvgIpc) is 2.31. The lowest BCUT2D eigenvalue weighted by atomic mass is 10.2. The van der Waals surface area contributed by atoms with Crippen LogP contribution in [0.3, 0.4) is 0 Å². The zero-order chi connectivity index (χ0) is 14.5. The monoisotopic (exact) mass is 296 g/mol. The number of hydrogen-bond acceptors (Lipinski definition) is 3. The molecule has 0 heterocycles. The highest BCUT2D eigenvalue weighted by Gasteiger charge is 2.30. The Labute approximate surface area is 112 Å². The van der Waals surface area contributed by atoms with Crippen LogP contribution in [0, 0.1) is 0 Å². The number of rotatable bonds is 5. The molecule has 3 N–H and O–H groups in total. The molecule has 0 bridgehead atoms. The van der Waals surface area contributed by atoms with Gasteiger partial charge in [0.15, 0.2) is 0 Å².